The summed E-state index contributed by atoms with van der Waals surface area (Å²) in [7, 11) is 0. The van der Waals surface area contributed by atoms with Crippen LogP contribution in [-0.4, -0.2) is 47.8 Å². The molecule has 3 N–H and O–H groups in total. The largest absolute Gasteiger partial charge is 0.484 e. The molecule has 0 unspecified atom stereocenters. The molecule has 7 nitrogen and oxygen atoms in total. The Hall–Kier alpha value is -2.62. The summed E-state index contributed by atoms with van der Waals surface area (Å²) in [6, 6.07) is 7.29. The van der Waals surface area contributed by atoms with Crippen LogP contribution in [0.25, 0.3) is 0 Å². The average molecular weight is 529 g/mol. The molecule has 2 aromatic carbocycles. The predicted molar refractivity (Wildman–Crippen MR) is 125 cm³/mol. The van der Waals surface area contributed by atoms with Gasteiger partial charge < -0.3 is 25.2 Å². The van der Waals surface area contributed by atoms with Gasteiger partial charge in [-0.15, -0.1) is 0 Å². The first-order chi connectivity index (χ1) is 16.6. The summed E-state index contributed by atoms with van der Waals surface area (Å²) in [4.78, 5) is 24.9. The highest BCUT2D eigenvalue weighted by Gasteiger charge is 2.51. The molecule has 188 valence electrons. The summed E-state index contributed by atoms with van der Waals surface area (Å²) in [5.74, 6) is -1.83. The van der Waals surface area contributed by atoms with Gasteiger partial charge in [0.15, 0.2) is 13.2 Å². The van der Waals surface area contributed by atoms with E-state index in [0.29, 0.717) is 19.3 Å². The number of nitrogens with one attached hydrogen (secondary N) is 2. The van der Waals surface area contributed by atoms with Gasteiger partial charge in [0, 0.05) is 17.7 Å². The van der Waals surface area contributed by atoms with Crippen molar-refractivity contribution in [2.24, 2.45) is 5.92 Å². The molecule has 2 saturated carbocycles. The fraction of sp³-hybridized carbons (Fsp3) is 0.417. The number of ether oxygens (including phenoxy) is 2. The molecule has 2 aromatic rings. The lowest BCUT2D eigenvalue weighted by Crippen LogP contribution is -2.59. The maximum Gasteiger partial charge on any atom is 0.258 e. The van der Waals surface area contributed by atoms with Crippen LogP contribution in [-0.2, 0) is 9.59 Å². The third-order valence-corrected chi connectivity index (χ3v) is 7.04. The number of carbonyl (C=O) groups excluding carboxylic acids is 2. The highest BCUT2D eigenvalue weighted by molar-refractivity contribution is 6.31. The molecule has 4 atom stereocenters. The maximum absolute atomic E-state index is 13.5. The predicted octanol–water partition coefficient (Wildman–Crippen LogP) is 3.63. The smallest absolute Gasteiger partial charge is 0.258 e. The van der Waals surface area contributed by atoms with Gasteiger partial charge in [-0.1, -0.05) is 23.2 Å². The van der Waals surface area contributed by atoms with Crippen LogP contribution >= 0.6 is 23.2 Å². The third kappa shape index (κ3) is 6.15. The fourth-order valence-corrected chi connectivity index (χ4v) is 5.11. The topological polar surface area (TPSA) is 96.9 Å². The Labute approximate surface area is 210 Å². The van der Waals surface area contributed by atoms with Crippen molar-refractivity contribution in [2.45, 2.75) is 43.4 Å². The van der Waals surface area contributed by atoms with Crippen LogP contribution in [0.1, 0.15) is 25.7 Å². The molecule has 2 aliphatic rings. The second kappa shape index (κ2) is 10.6. The molecule has 0 spiro atoms. The van der Waals surface area contributed by atoms with Crippen molar-refractivity contribution in [3.63, 3.8) is 0 Å². The number of fused-ring (bicyclic) bond motifs is 2. The number of carbonyl (C=O) groups is 2. The van der Waals surface area contributed by atoms with E-state index in [-0.39, 0.29) is 53.0 Å². The van der Waals surface area contributed by atoms with Gasteiger partial charge in [-0.3, -0.25) is 9.59 Å². The molecule has 2 aliphatic carbocycles. The molecular formula is C24H24Cl2F2N2O5. The van der Waals surface area contributed by atoms with E-state index in [4.69, 9.17) is 32.7 Å². The van der Waals surface area contributed by atoms with Gasteiger partial charge in [-0.25, -0.2) is 8.78 Å². The Morgan fingerprint density at radius 2 is 1.54 bits per heavy atom. The zero-order valence-corrected chi connectivity index (χ0v) is 20.0. The Balaban J connectivity index is 1.27. The van der Waals surface area contributed by atoms with Crippen molar-refractivity contribution in [3.05, 3.63) is 58.1 Å². The van der Waals surface area contributed by atoms with Crippen LogP contribution < -0.4 is 20.1 Å². The number of benzene rings is 2. The number of halogens is 4. The summed E-state index contributed by atoms with van der Waals surface area (Å²) >= 11 is 11.3. The van der Waals surface area contributed by atoms with E-state index in [2.05, 4.69) is 10.6 Å². The van der Waals surface area contributed by atoms with Gasteiger partial charge >= 0.3 is 0 Å². The number of rotatable bonds is 8. The molecule has 0 radical (unpaired) electrons. The lowest BCUT2D eigenvalue weighted by Gasteiger charge is -2.41. The summed E-state index contributed by atoms with van der Waals surface area (Å²) in [5.41, 5.74) is -0.603. The number of amides is 2. The minimum Gasteiger partial charge on any atom is -0.484 e. The Kier molecular flexibility index (Phi) is 7.68. The second-order valence-electron chi connectivity index (χ2n) is 8.93. The lowest BCUT2D eigenvalue weighted by atomic mass is 9.78. The first-order valence-electron chi connectivity index (χ1n) is 11.1. The van der Waals surface area contributed by atoms with E-state index in [0.717, 1.165) is 12.1 Å². The van der Waals surface area contributed by atoms with Crippen molar-refractivity contribution in [3.8, 4) is 11.5 Å². The van der Waals surface area contributed by atoms with Gasteiger partial charge in [-0.05, 0) is 55.9 Å². The number of aliphatic hydroxyl groups excluding tert-OH is 1. The Morgan fingerprint density at radius 3 is 2.11 bits per heavy atom. The van der Waals surface area contributed by atoms with Crippen LogP contribution in [0.3, 0.4) is 0 Å². The molecule has 0 saturated heterocycles. The number of aliphatic hydroxyl groups is 1. The molecule has 0 aromatic heterocycles. The first-order valence-corrected chi connectivity index (χ1v) is 11.8. The molecule has 0 aliphatic heterocycles. The maximum atomic E-state index is 13.5. The molecule has 2 bridgehead atoms. The number of hydrogen-bond donors (Lipinski definition) is 3. The van der Waals surface area contributed by atoms with Gasteiger partial charge in [0.05, 0.1) is 22.2 Å². The zero-order valence-electron chi connectivity index (χ0n) is 18.5. The molecular weight excluding hydrogens is 505 g/mol. The first kappa shape index (κ1) is 25.5. The van der Waals surface area contributed by atoms with Crippen LogP contribution in [0.15, 0.2) is 36.4 Å². The van der Waals surface area contributed by atoms with Gasteiger partial charge in [0.2, 0.25) is 0 Å². The van der Waals surface area contributed by atoms with Crippen LogP contribution in [0.5, 0.6) is 11.5 Å². The highest BCUT2D eigenvalue weighted by Crippen LogP contribution is 2.45. The van der Waals surface area contributed by atoms with Crippen molar-refractivity contribution in [1.29, 1.82) is 0 Å². The van der Waals surface area contributed by atoms with Crippen LogP contribution in [0.4, 0.5) is 8.78 Å². The van der Waals surface area contributed by atoms with Gasteiger partial charge in [-0.2, -0.15) is 0 Å². The van der Waals surface area contributed by atoms with E-state index in [9.17, 15) is 23.5 Å². The second-order valence-corrected chi connectivity index (χ2v) is 9.74. The molecule has 11 heteroatoms. The van der Waals surface area contributed by atoms with E-state index >= 15 is 0 Å². The monoisotopic (exact) mass is 528 g/mol. The highest BCUT2D eigenvalue weighted by atomic mass is 35.5. The molecule has 2 fully saturated rings. The summed E-state index contributed by atoms with van der Waals surface area (Å²) < 4.78 is 37.7. The summed E-state index contributed by atoms with van der Waals surface area (Å²) in [5, 5.41) is 16.4. The molecule has 35 heavy (non-hydrogen) atoms. The van der Waals surface area contributed by atoms with E-state index in [1.807, 2.05) is 0 Å². The van der Waals surface area contributed by atoms with Crippen LogP contribution in [0.2, 0.25) is 10.0 Å². The van der Waals surface area contributed by atoms with Gasteiger partial charge in [0.1, 0.15) is 23.1 Å². The minimum atomic E-state index is -0.875. The van der Waals surface area contributed by atoms with E-state index in [1.165, 1.54) is 24.3 Å². The Morgan fingerprint density at radius 1 is 0.971 bits per heavy atom. The van der Waals surface area contributed by atoms with Crippen molar-refractivity contribution < 1.29 is 33.0 Å². The van der Waals surface area contributed by atoms with Crippen LogP contribution in [0, 0.1) is 17.6 Å². The van der Waals surface area contributed by atoms with Crippen molar-refractivity contribution >= 4 is 35.0 Å². The van der Waals surface area contributed by atoms with Gasteiger partial charge in [0.25, 0.3) is 11.8 Å². The molecule has 4 rings (SSSR count). The third-order valence-electron chi connectivity index (χ3n) is 6.42. The van der Waals surface area contributed by atoms with Crippen molar-refractivity contribution in [1.82, 2.24) is 10.6 Å². The average Bonchev–Trinajstić information content (AvgIpc) is 3.16. The zero-order chi connectivity index (χ0) is 25.2. The lowest BCUT2D eigenvalue weighted by molar-refractivity contribution is -0.128. The fourth-order valence-electron chi connectivity index (χ4n) is 4.87. The quantitative estimate of drug-likeness (QED) is 0.486. The summed E-state index contributed by atoms with van der Waals surface area (Å²) in [6.07, 6.45) is 1.32. The SMILES string of the molecule is O=C(COc1ccc(Cl)c(F)c1)N[C@@H]1[C@@H]2CC[C@@](NC(=O)COc3ccc(Cl)c(F)c3)(C2)C[C@H]1O. The molecule has 0 heterocycles. The van der Waals surface area contributed by atoms with Crippen molar-refractivity contribution in [2.75, 3.05) is 13.2 Å². The standard InChI is InChI=1S/C24H24Cl2F2N2O5/c25-16-3-1-14(7-18(16)27)34-11-21(32)29-23-13-5-6-24(9-13,10-20(23)31)30-22(33)12-35-15-2-4-17(26)19(28)8-15/h1-4,7-8,13,20,23,31H,5-6,9-12H2,(H,29,32)(H,30,33)/t13-,20-,23-,24-/m1/s1. The normalized spacial score (nSPS) is 25.1. The number of hydrogen-bond acceptors (Lipinski definition) is 5. The molecule has 2 amide bonds. The minimum absolute atomic E-state index is 0.0396. The Bertz CT molecular complexity index is 1120. The van der Waals surface area contributed by atoms with E-state index in [1.54, 1.807) is 0 Å². The summed E-state index contributed by atoms with van der Waals surface area (Å²) in [6.45, 7) is -0.659. The van der Waals surface area contributed by atoms with E-state index < -0.39 is 35.2 Å².